The molecule has 7 heteroatoms. The van der Waals surface area contributed by atoms with Crippen LogP contribution in [0.25, 0.3) is 0 Å². The summed E-state index contributed by atoms with van der Waals surface area (Å²) in [7, 11) is 0. The van der Waals surface area contributed by atoms with Gasteiger partial charge in [-0.05, 0) is 24.6 Å². The van der Waals surface area contributed by atoms with E-state index < -0.39 is 11.9 Å². The van der Waals surface area contributed by atoms with Gasteiger partial charge < -0.3 is 14.0 Å². The first-order valence-electron chi connectivity index (χ1n) is 8.42. The third kappa shape index (κ3) is 5.91. The molecule has 1 aromatic carbocycles. The fraction of sp³-hybridized carbons (Fsp3) is 0.421. The molecule has 2 rings (SSSR count). The van der Waals surface area contributed by atoms with E-state index in [4.69, 9.17) is 14.0 Å². The molecule has 1 heterocycles. The number of aromatic nitrogens is 1. The second-order valence-corrected chi connectivity index (χ2v) is 6.79. The van der Waals surface area contributed by atoms with Crippen LogP contribution in [-0.2, 0) is 26.2 Å². The van der Waals surface area contributed by atoms with E-state index in [9.17, 15) is 9.59 Å². The quantitative estimate of drug-likeness (QED) is 0.763. The van der Waals surface area contributed by atoms with Crippen LogP contribution in [0.15, 0.2) is 34.9 Å². The minimum Gasteiger partial charge on any atom is -0.494 e. The maximum absolute atomic E-state index is 11.9. The SMILES string of the molecule is CCOc1ccc(CC(=O)OCC(=O)Nc2cc(C(C)(C)C)no2)cc1. The summed E-state index contributed by atoms with van der Waals surface area (Å²) in [6.45, 7) is 8.05. The first-order valence-corrected chi connectivity index (χ1v) is 8.42. The van der Waals surface area contributed by atoms with Gasteiger partial charge in [0.25, 0.3) is 5.91 Å². The van der Waals surface area contributed by atoms with E-state index >= 15 is 0 Å². The highest BCUT2D eigenvalue weighted by atomic mass is 16.5. The van der Waals surface area contributed by atoms with Crippen LogP contribution < -0.4 is 10.1 Å². The maximum atomic E-state index is 11.9. The van der Waals surface area contributed by atoms with Crippen LogP contribution in [0.5, 0.6) is 5.75 Å². The zero-order valence-corrected chi connectivity index (χ0v) is 15.5. The van der Waals surface area contributed by atoms with Gasteiger partial charge in [0.1, 0.15) is 5.75 Å². The van der Waals surface area contributed by atoms with Gasteiger partial charge in [0, 0.05) is 11.5 Å². The molecule has 0 bridgehead atoms. The lowest BCUT2D eigenvalue weighted by molar-refractivity contribution is -0.146. The van der Waals surface area contributed by atoms with E-state index in [2.05, 4.69) is 10.5 Å². The highest BCUT2D eigenvalue weighted by Crippen LogP contribution is 2.23. The molecule has 0 aliphatic heterocycles. The van der Waals surface area contributed by atoms with Gasteiger partial charge in [-0.15, -0.1) is 0 Å². The monoisotopic (exact) mass is 360 g/mol. The fourth-order valence-corrected chi connectivity index (χ4v) is 2.10. The normalized spacial score (nSPS) is 11.1. The zero-order chi connectivity index (χ0) is 19.2. The average molecular weight is 360 g/mol. The lowest BCUT2D eigenvalue weighted by atomic mass is 9.92. The number of nitrogens with one attached hydrogen (secondary N) is 1. The zero-order valence-electron chi connectivity index (χ0n) is 15.5. The molecule has 1 N–H and O–H groups in total. The van der Waals surface area contributed by atoms with Gasteiger partial charge in [-0.3, -0.25) is 14.9 Å². The van der Waals surface area contributed by atoms with Crippen molar-refractivity contribution in [1.82, 2.24) is 5.16 Å². The van der Waals surface area contributed by atoms with Crippen LogP contribution in [0.3, 0.4) is 0 Å². The second-order valence-electron chi connectivity index (χ2n) is 6.79. The Bertz CT molecular complexity index is 744. The molecule has 1 aromatic heterocycles. The molecule has 0 aliphatic carbocycles. The van der Waals surface area contributed by atoms with Gasteiger partial charge in [0.05, 0.1) is 18.7 Å². The Hall–Kier alpha value is -2.83. The molecule has 0 radical (unpaired) electrons. The number of esters is 1. The van der Waals surface area contributed by atoms with Crippen molar-refractivity contribution in [3.05, 3.63) is 41.6 Å². The van der Waals surface area contributed by atoms with Gasteiger partial charge in [-0.1, -0.05) is 38.1 Å². The summed E-state index contributed by atoms with van der Waals surface area (Å²) in [5.74, 6) is -0.00733. The Balaban J connectivity index is 1.77. The molecule has 0 unspecified atom stereocenters. The smallest absolute Gasteiger partial charge is 0.310 e. The molecule has 0 saturated carbocycles. The molecular formula is C19H24N2O5. The van der Waals surface area contributed by atoms with Gasteiger partial charge in [0.15, 0.2) is 6.61 Å². The summed E-state index contributed by atoms with van der Waals surface area (Å²) in [5, 5.41) is 6.42. The van der Waals surface area contributed by atoms with Gasteiger partial charge in [-0.25, -0.2) is 0 Å². The van der Waals surface area contributed by atoms with E-state index in [1.54, 1.807) is 30.3 Å². The highest BCUT2D eigenvalue weighted by molar-refractivity contribution is 5.91. The number of ether oxygens (including phenoxy) is 2. The summed E-state index contributed by atoms with van der Waals surface area (Å²) in [4.78, 5) is 23.7. The molecule has 0 aliphatic rings. The fourth-order valence-electron chi connectivity index (χ4n) is 2.10. The Kier molecular flexibility index (Phi) is 6.38. The number of carbonyl (C=O) groups is 2. The molecular weight excluding hydrogens is 336 g/mol. The predicted octanol–water partition coefficient (Wildman–Crippen LogP) is 3.10. The van der Waals surface area contributed by atoms with Crippen molar-refractivity contribution in [3.63, 3.8) is 0 Å². The first kappa shape index (κ1) is 19.5. The van der Waals surface area contributed by atoms with Crippen LogP contribution in [0.1, 0.15) is 39.0 Å². The molecule has 0 spiro atoms. The minimum atomic E-state index is -0.489. The van der Waals surface area contributed by atoms with Gasteiger partial charge in [0.2, 0.25) is 5.88 Å². The topological polar surface area (TPSA) is 90.7 Å². The lowest BCUT2D eigenvalue weighted by Crippen LogP contribution is -2.21. The molecule has 0 atom stereocenters. The number of carbonyl (C=O) groups excluding carboxylic acids is 2. The van der Waals surface area contributed by atoms with E-state index in [1.165, 1.54) is 0 Å². The van der Waals surface area contributed by atoms with Crippen molar-refractivity contribution in [3.8, 4) is 5.75 Å². The van der Waals surface area contributed by atoms with E-state index in [0.29, 0.717) is 6.61 Å². The van der Waals surface area contributed by atoms with Crippen molar-refractivity contribution in [2.75, 3.05) is 18.5 Å². The third-order valence-corrected chi connectivity index (χ3v) is 3.49. The number of hydrogen-bond donors (Lipinski definition) is 1. The maximum Gasteiger partial charge on any atom is 0.310 e. The molecule has 26 heavy (non-hydrogen) atoms. The Labute approximate surface area is 152 Å². The molecule has 0 fully saturated rings. The first-order chi connectivity index (χ1) is 12.3. The summed E-state index contributed by atoms with van der Waals surface area (Å²) in [6, 6.07) is 8.80. The number of anilines is 1. The number of nitrogens with zero attached hydrogens (tertiary/aromatic N) is 1. The largest absolute Gasteiger partial charge is 0.494 e. The molecule has 1 amide bonds. The molecule has 2 aromatic rings. The van der Waals surface area contributed by atoms with Gasteiger partial charge >= 0.3 is 5.97 Å². The average Bonchev–Trinajstić information content (AvgIpc) is 3.04. The van der Waals surface area contributed by atoms with Crippen molar-refractivity contribution in [1.29, 1.82) is 0 Å². The minimum absolute atomic E-state index is 0.0795. The van der Waals surface area contributed by atoms with Crippen LogP contribution in [0.4, 0.5) is 5.88 Å². The van der Waals surface area contributed by atoms with E-state index in [-0.39, 0.29) is 24.3 Å². The Morgan fingerprint density at radius 1 is 1.19 bits per heavy atom. The van der Waals surface area contributed by atoms with Crippen LogP contribution >= 0.6 is 0 Å². The van der Waals surface area contributed by atoms with Crippen molar-refractivity contribution in [2.45, 2.75) is 39.5 Å². The summed E-state index contributed by atoms with van der Waals surface area (Å²) in [6.07, 6.45) is 0.0795. The second kappa shape index (κ2) is 8.51. The summed E-state index contributed by atoms with van der Waals surface area (Å²) in [5.41, 5.74) is 1.32. The van der Waals surface area contributed by atoms with Crippen LogP contribution in [0.2, 0.25) is 0 Å². The number of amides is 1. The number of benzene rings is 1. The lowest BCUT2D eigenvalue weighted by Gasteiger charge is -2.12. The molecule has 7 nitrogen and oxygen atoms in total. The summed E-state index contributed by atoms with van der Waals surface area (Å²) < 4.78 is 15.4. The van der Waals surface area contributed by atoms with Crippen LogP contribution in [-0.4, -0.2) is 30.2 Å². The van der Waals surface area contributed by atoms with Crippen molar-refractivity contribution >= 4 is 17.8 Å². The van der Waals surface area contributed by atoms with E-state index in [0.717, 1.165) is 17.0 Å². The van der Waals surface area contributed by atoms with Crippen molar-refractivity contribution in [2.24, 2.45) is 0 Å². The summed E-state index contributed by atoms with van der Waals surface area (Å²) >= 11 is 0. The molecule has 140 valence electrons. The standard InChI is InChI=1S/C19H24N2O5/c1-5-24-14-8-6-13(7-9-14)10-18(23)25-12-16(22)20-17-11-15(21-26-17)19(2,3)4/h6-9,11H,5,10,12H2,1-4H3,(H,20,22). The number of hydrogen-bond acceptors (Lipinski definition) is 6. The third-order valence-electron chi connectivity index (χ3n) is 3.49. The van der Waals surface area contributed by atoms with Crippen molar-refractivity contribution < 1.29 is 23.6 Å². The van der Waals surface area contributed by atoms with Crippen LogP contribution in [0, 0.1) is 0 Å². The predicted molar refractivity (Wildman–Crippen MR) is 96.1 cm³/mol. The highest BCUT2D eigenvalue weighted by Gasteiger charge is 2.20. The van der Waals surface area contributed by atoms with Gasteiger partial charge in [-0.2, -0.15) is 0 Å². The Morgan fingerprint density at radius 3 is 2.46 bits per heavy atom. The number of rotatable bonds is 7. The Morgan fingerprint density at radius 2 is 1.88 bits per heavy atom. The van der Waals surface area contributed by atoms with E-state index in [1.807, 2.05) is 27.7 Å². The molecule has 0 saturated heterocycles.